The Kier molecular flexibility index (Phi) is 4.97. The highest BCUT2D eigenvalue weighted by Crippen LogP contribution is 2.17. The minimum atomic E-state index is -0.139. The molecule has 1 N–H and O–H groups in total. The molecular weight excluding hydrogens is 324 g/mol. The van der Waals surface area contributed by atoms with E-state index in [0.29, 0.717) is 29.2 Å². The molecule has 24 heavy (non-hydrogen) atoms. The summed E-state index contributed by atoms with van der Waals surface area (Å²) in [5.41, 5.74) is 1.29. The standard InChI is InChI=1S/C18H20N2O3S/c1-12-10-20(11-13(2)23-12)18(22)14-5-7-15(8-6-14)19-17(21)16-4-3-9-24-16/h3-9,12-13H,10-11H2,1-2H3,(H,19,21)/t12-,13-/m0/s1. The van der Waals surface area contributed by atoms with Crippen LogP contribution >= 0.6 is 11.3 Å². The number of ether oxygens (including phenoxy) is 1. The fourth-order valence-electron chi connectivity index (χ4n) is 2.82. The number of nitrogens with one attached hydrogen (secondary N) is 1. The number of morpholine rings is 1. The van der Waals surface area contributed by atoms with Gasteiger partial charge in [-0.3, -0.25) is 9.59 Å². The van der Waals surface area contributed by atoms with Crippen LogP contribution in [0.4, 0.5) is 5.69 Å². The molecule has 1 aliphatic rings. The second-order valence-electron chi connectivity index (χ2n) is 5.98. The number of nitrogens with zero attached hydrogens (tertiary/aromatic N) is 1. The molecule has 0 radical (unpaired) electrons. The van der Waals surface area contributed by atoms with Gasteiger partial charge in [-0.05, 0) is 49.6 Å². The quantitative estimate of drug-likeness (QED) is 0.930. The number of hydrogen-bond donors (Lipinski definition) is 1. The Hall–Kier alpha value is -2.18. The molecule has 126 valence electrons. The summed E-state index contributed by atoms with van der Waals surface area (Å²) in [4.78, 5) is 27.1. The maximum atomic E-state index is 12.6. The van der Waals surface area contributed by atoms with Gasteiger partial charge in [0.25, 0.3) is 11.8 Å². The first-order valence-corrected chi connectivity index (χ1v) is 8.80. The van der Waals surface area contributed by atoms with Crippen LogP contribution in [0.5, 0.6) is 0 Å². The van der Waals surface area contributed by atoms with Crippen molar-refractivity contribution >= 4 is 28.8 Å². The lowest BCUT2D eigenvalue weighted by Gasteiger charge is -2.35. The van der Waals surface area contributed by atoms with Crippen LogP contribution in [0.15, 0.2) is 41.8 Å². The highest BCUT2D eigenvalue weighted by molar-refractivity contribution is 7.12. The fraction of sp³-hybridized carbons (Fsp3) is 0.333. The molecule has 2 amide bonds. The first-order valence-electron chi connectivity index (χ1n) is 7.92. The second kappa shape index (κ2) is 7.15. The molecular formula is C18H20N2O3S. The molecule has 5 nitrogen and oxygen atoms in total. The second-order valence-corrected chi connectivity index (χ2v) is 6.92. The van der Waals surface area contributed by atoms with E-state index in [0.717, 1.165) is 0 Å². The summed E-state index contributed by atoms with van der Waals surface area (Å²) in [5.74, 6) is -0.145. The molecule has 1 aromatic heterocycles. The third kappa shape index (κ3) is 3.83. The maximum Gasteiger partial charge on any atom is 0.265 e. The van der Waals surface area contributed by atoms with Crippen molar-refractivity contribution in [3.63, 3.8) is 0 Å². The average molecular weight is 344 g/mol. The zero-order valence-corrected chi connectivity index (χ0v) is 14.5. The molecule has 1 saturated heterocycles. The van der Waals surface area contributed by atoms with E-state index in [1.54, 1.807) is 30.3 Å². The van der Waals surface area contributed by atoms with Crippen LogP contribution in [-0.2, 0) is 4.74 Å². The fourth-order valence-corrected chi connectivity index (χ4v) is 3.44. The Balaban J connectivity index is 1.65. The monoisotopic (exact) mass is 344 g/mol. The average Bonchev–Trinajstić information content (AvgIpc) is 3.08. The third-order valence-corrected chi connectivity index (χ3v) is 4.71. The van der Waals surface area contributed by atoms with E-state index >= 15 is 0 Å². The zero-order valence-electron chi connectivity index (χ0n) is 13.7. The molecule has 1 fully saturated rings. The number of benzene rings is 1. The largest absolute Gasteiger partial charge is 0.372 e. The van der Waals surface area contributed by atoms with Gasteiger partial charge in [0.05, 0.1) is 17.1 Å². The van der Waals surface area contributed by atoms with Gasteiger partial charge in [-0.15, -0.1) is 11.3 Å². The SMILES string of the molecule is C[C@H]1CN(C(=O)c2ccc(NC(=O)c3cccs3)cc2)C[C@H](C)O1. The van der Waals surface area contributed by atoms with Gasteiger partial charge in [0, 0.05) is 24.3 Å². The minimum absolute atomic E-state index is 0.00636. The molecule has 3 rings (SSSR count). The van der Waals surface area contributed by atoms with Crippen molar-refractivity contribution in [1.29, 1.82) is 0 Å². The highest BCUT2D eigenvalue weighted by Gasteiger charge is 2.26. The van der Waals surface area contributed by atoms with Crippen LogP contribution in [0.25, 0.3) is 0 Å². The summed E-state index contributed by atoms with van der Waals surface area (Å²) in [6, 6.07) is 10.6. The zero-order chi connectivity index (χ0) is 17.1. The number of carbonyl (C=O) groups excluding carboxylic acids is 2. The van der Waals surface area contributed by atoms with Crippen LogP contribution in [0.3, 0.4) is 0 Å². The molecule has 0 bridgehead atoms. The smallest absolute Gasteiger partial charge is 0.265 e. The Bertz CT molecular complexity index is 702. The summed E-state index contributed by atoms with van der Waals surface area (Å²) in [7, 11) is 0. The lowest BCUT2D eigenvalue weighted by atomic mass is 10.1. The molecule has 2 heterocycles. The van der Waals surface area contributed by atoms with Crippen molar-refractivity contribution in [3.8, 4) is 0 Å². The highest BCUT2D eigenvalue weighted by atomic mass is 32.1. The Morgan fingerprint density at radius 3 is 2.38 bits per heavy atom. The Morgan fingerprint density at radius 1 is 1.12 bits per heavy atom. The summed E-state index contributed by atoms with van der Waals surface area (Å²) in [5, 5.41) is 4.69. The molecule has 6 heteroatoms. The van der Waals surface area contributed by atoms with E-state index in [2.05, 4.69) is 5.32 Å². The first kappa shape index (κ1) is 16.7. The Labute approximate surface area is 145 Å². The maximum absolute atomic E-state index is 12.6. The van der Waals surface area contributed by atoms with E-state index in [1.165, 1.54) is 11.3 Å². The van der Waals surface area contributed by atoms with Gasteiger partial charge < -0.3 is 15.0 Å². The van der Waals surface area contributed by atoms with Crippen molar-refractivity contribution in [2.75, 3.05) is 18.4 Å². The predicted octanol–water partition coefficient (Wildman–Crippen LogP) is 3.25. The number of hydrogen-bond acceptors (Lipinski definition) is 4. The van der Waals surface area contributed by atoms with E-state index in [4.69, 9.17) is 4.74 Å². The van der Waals surface area contributed by atoms with Crippen molar-refractivity contribution in [2.24, 2.45) is 0 Å². The minimum Gasteiger partial charge on any atom is -0.372 e. The van der Waals surface area contributed by atoms with Gasteiger partial charge in [-0.2, -0.15) is 0 Å². The molecule has 1 aliphatic heterocycles. The van der Waals surface area contributed by atoms with Crippen molar-refractivity contribution in [3.05, 3.63) is 52.2 Å². The van der Waals surface area contributed by atoms with E-state index < -0.39 is 0 Å². The van der Waals surface area contributed by atoms with Crippen molar-refractivity contribution in [2.45, 2.75) is 26.1 Å². The van der Waals surface area contributed by atoms with E-state index in [-0.39, 0.29) is 24.0 Å². The number of carbonyl (C=O) groups is 2. The number of thiophene rings is 1. The van der Waals surface area contributed by atoms with Crippen LogP contribution < -0.4 is 5.32 Å². The molecule has 1 aromatic carbocycles. The van der Waals surface area contributed by atoms with Gasteiger partial charge in [0.15, 0.2) is 0 Å². The lowest BCUT2D eigenvalue weighted by molar-refractivity contribution is -0.0586. The van der Waals surface area contributed by atoms with Gasteiger partial charge in [-0.25, -0.2) is 0 Å². The molecule has 2 aromatic rings. The van der Waals surface area contributed by atoms with E-state index in [9.17, 15) is 9.59 Å². The Morgan fingerprint density at radius 2 is 1.79 bits per heavy atom. The van der Waals surface area contributed by atoms with E-state index in [1.807, 2.05) is 30.2 Å². The van der Waals surface area contributed by atoms with Gasteiger partial charge >= 0.3 is 0 Å². The molecule has 0 spiro atoms. The molecule has 2 atom stereocenters. The first-order chi connectivity index (χ1) is 11.5. The molecule has 0 aliphatic carbocycles. The topological polar surface area (TPSA) is 58.6 Å². The number of amides is 2. The van der Waals surface area contributed by atoms with Crippen LogP contribution in [0.1, 0.15) is 33.9 Å². The summed E-state index contributed by atoms with van der Waals surface area (Å²) in [6.45, 7) is 5.14. The summed E-state index contributed by atoms with van der Waals surface area (Å²) < 4.78 is 5.66. The van der Waals surface area contributed by atoms with Gasteiger partial charge in [-0.1, -0.05) is 6.07 Å². The van der Waals surface area contributed by atoms with Crippen LogP contribution in [0.2, 0.25) is 0 Å². The van der Waals surface area contributed by atoms with Gasteiger partial charge in [0.2, 0.25) is 0 Å². The molecule has 0 unspecified atom stereocenters. The van der Waals surface area contributed by atoms with Crippen molar-refractivity contribution < 1.29 is 14.3 Å². The van der Waals surface area contributed by atoms with Crippen LogP contribution in [-0.4, -0.2) is 42.0 Å². The number of anilines is 1. The normalized spacial score (nSPS) is 20.7. The summed E-state index contributed by atoms with van der Waals surface area (Å²) in [6.07, 6.45) is 0.0871. The number of rotatable bonds is 3. The van der Waals surface area contributed by atoms with Crippen LogP contribution in [0, 0.1) is 0 Å². The van der Waals surface area contributed by atoms with Crippen molar-refractivity contribution in [1.82, 2.24) is 4.90 Å². The third-order valence-electron chi connectivity index (χ3n) is 3.84. The van der Waals surface area contributed by atoms with Gasteiger partial charge in [0.1, 0.15) is 0 Å². The summed E-state index contributed by atoms with van der Waals surface area (Å²) >= 11 is 1.39. The molecule has 0 saturated carbocycles. The lowest BCUT2D eigenvalue weighted by Crippen LogP contribution is -2.48. The predicted molar refractivity (Wildman–Crippen MR) is 94.6 cm³/mol.